The lowest BCUT2D eigenvalue weighted by Gasteiger charge is -2.33. The maximum absolute atomic E-state index is 14.6. The molecule has 7 nitrogen and oxygen atoms in total. The predicted molar refractivity (Wildman–Crippen MR) is 100 cm³/mol. The molecular formula is C20H17F4N5O2. The number of piperidine rings is 1. The largest absolute Gasteiger partial charge is 0.472 e. The van der Waals surface area contributed by atoms with Crippen LogP contribution in [0.4, 0.5) is 17.6 Å². The van der Waals surface area contributed by atoms with Crippen LogP contribution in [0, 0.1) is 5.82 Å². The summed E-state index contributed by atoms with van der Waals surface area (Å²) in [4.78, 5) is 19.4. The van der Waals surface area contributed by atoms with Gasteiger partial charge in [0.05, 0.1) is 24.5 Å². The van der Waals surface area contributed by atoms with Crippen molar-refractivity contribution in [2.45, 2.75) is 25.1 Å². The molecule has 11 heteroatoms. The highest BCUT2D eigenvalue weighted by molar-refractivity contribution is 5.98. The second-order valence-corrected chi connectivity index (χ2v) is 6.97. The molecule has 0 saturated carbocycles. The molecule has 3 aromatic rings. The van der Waals surface area contributed by atoms with Gasteiger partial charge < -0.3 is 9.64 Å². The first kappa shape index (κ1) is 20.8. The van der Waals surface area contributed by atoms with Crippen LogP contribution in [0.15, 0.2) is 48.9 Å². The summed E-state index contributed by atoms with van der Waals surface area (Å²) in [5.41, 5.74) is -0.825. The fourth-order valence-corrected chi connectivity index (χ4v) is 3.40. The standard InChI is InChI=1S/C20H17F4N5O2/c21-15-4-1-5-16(29-26-8-9-27-29)18(15)19(30)28-10-2-3-14(12-28)31-17-7-6-13(11-25-17)20(22,23)24/h1,4-9,11,14H,2-3,10,12H2. The van der Waals surface area contributed by atoms with Gasteiger partial charge in [-0.3, -0.25) is 4.79 Å². The zero-order valence-electron chi connectivity index (χ0n) is 16.1. The molecular weight excluding hydrogens is 418 g/mol. The van der Waals surface area contributed by atoms with E-state index in [2.05, 4.69) is 15.2 Å². The van der Waals surface area contributed by atoms with Crippen molar-refractivity contribution in [2.24, 2.45) is 0 Å². The minimum Gasteiger partial charge on any atom is -0.472 e. The molecule has 2 aromatic heterocycles. The summed E-state index contributed by atoms with van der Waals surface area (Å²) in [6, 6.07) is 6.21. The van der Waals surface area contributed by atoms with Gasteiger partial charge in [0.2, 0.25) is 5.88 Å². The Morgan fingerprint density at radius 2 is 1.90 bits per heavy atom. The molecule has 1 amide bonds. The number of amides is 1. The van der Waals surface area contributed by atoms with Crippen molar-refractivity contribution >= 4 is 5.91 Å². The van der Waals surface area contributed by atoms with Gasteiger partial charge in [-0.05, 0) is 31.0 Å². The third-order valence-corrected chi connectivity index (χ3v) is 4.86. The molecule has 1 aromatic carbocycles. The van der Waals surface area contributed by atoms with Gasteiger partial charge in [-0.25, -0.2) is 9.37 Å². The third-order valence-electron chi connectivity index (χ3n) is 4.86. The van der Waals surface area contributed by atoms with Crippen LogP contribution < -0.4 is 4.74 Å². The lowest BCUT2D eigenvalue weighted by molar-refractivity contribution is -0.137. The van der Waals surface area contributed by atoms with Gasteiger partial charge in [-0.15, -0.1) is 0 Å². The topological polar surface area (TPSA) is 73.1 Å². The zero-order valence-corrected chi connectivity index (χ0v) is 16.1. The average Bonchev–Trinajstić information content (AvgIpc) is 3.28. The van der Waals surface area contributed by atoms with Crippen LogP contribution in [-0.2, 0) is 6.18 Å². The Bertz CT molecular complexity index is 1050. The van der Waals surface area contributed by atoms with Gasteiger partial charge in [-0.1, -0.05) is 6.07 Å². The first-order valence-electron chi connectivity index (χ1n) is 9.47. The van der Waals surface area contributed by atoms with E-state index in [1.165, 1.54) is 34.2 Å². The van der Waals surface area contributed by atoms with Crippen molar-refractivity contribution < 1.29 is 27.1 Å². The van der Waals surface area contributed by atoms with Crippen molar-refractivity contribution in [1.29, 1.82) is 0 Å². The van der Waals surface area contributed by atoms with Crippen LogP contribution in [0.3, 0.4) is 0 Å². The molecule has 0 spiro atoms. The highest BCUT2D eigenvalue weighted by atomic mass is 19.4. The van der Waals surface area contributed by atoms with Gasteiger partial charge in [-0.2, -0.15) is 28.2 Å². The molecule has 162 valence electrons. The number of alkyl halides is 3. The van der Waals surface area contributed by atoms with E-state index in [-0.39, 0.29) is 23.7 Å². The molecule has 0 aliphatic carbocycles. The molecule has 4 rings (SSSR count). The molecule has 0 bridgehead atoms. The second kappa shape index (κ2) is 8.32. The molecule has 3 heterocycles. The molecule has 1 aliphatic rings. The van der Waals surface area contributed by atoms with Crippen molar-refractivity contribution in [3.05, 3.63) is 65.9 Å². The number of carbonyl (C=O) groups is 1. The van der Waals surface area contributed by atoms with E-state index in [0.717, 1.165) is 12.1 Å². The monoisotopic (exact) mass is 435 g/mol. The van der Waals surface area contributed by atoms with Crippen LogP contribution in [-0.4, -0.2) is 50.0 Å². The number of likely N-dealkylation sites (tertiary alicyclic amines) is 1. The lowest BCUT2D eigenvalue weighted by Crippen LogP contribution is -2.45. The molecule has 1 fully saturated rings. The highest BCUT2D eigenvalue weighted by Gasteiger charge is 2.32. The Kier molecular flexibility index (Phi) is 5.57. The van der Waals surface area contributed by atoms with E-state index in [9.17, 15) is 22.4 Å². The number of hydrogen-bond donors (Lipinski definition) is 0. The Morgan fingerprint density at radius 3 is 2.58 bits per heavy atom. The summed E-state index contributed by atoms with van der Waals surface area (Å²) in [7, 11) is 0. The number of benzene rings is 1. The maximum atomic E-state index is 14.6. The number of nitrogens with zero attached hydrogens (tertiary/aromatic N) is 5. The molecule has 0 radical (unpaired) electrons. The predicted octanol–water partition coefficient (Wildman–Crippen LogP) is 3.50. The number of halogens is 4. The SMILES string of the molecule is O=C(c1c(F)cccc1-n1nccn1)N1CCCC(Oc2ccc(C(F)(F)F)cn2)C1. The van der Waals surface area contributed by atoms with Gasteiger partial charge in [0.25, 0.3) is 5.91 Å². The molecule has 1 saturated heterocycles. The van der Waals surface area contributed by atoms with E-state index >= 15 is 0 Å². The molecule has 31 heavy (non-hydrogen) atoms. The van der Waals surface area contributed by atoms with E-state index < -0.39 is 29.6 Å². The molecule has 1 atom stereocenters. The average molecular weight is 435 g/mol. The maximum Gasteiger partial charge on any atom is 0.417 e. The summed E-state index contributed by atoms with van der Waals surface area (Å²) in [5, 5.41) is 7.93. The Balaban J connectivity index is 1.50. The van der Waals surface area contributed by atoms with Crippen molar-refractivity contribution in [2.75, 3.05) is 13.1 Å². The van der Waals surface area contributed by atoms with E-state index in [1.807, 2.05) is 0 Å². The second-order valence-electron chi connectivity index (χ2n) is 6.97. The minimum atomic E-state index is -4.49. The van der Waals surface area contributed by atoms with Crippen LogP contribution >= 0.6 is 0 Å². The highest BCUT2D eigenvalue weighted by Crippen LogP contribution is 2.29. The number of ether oxygens (including phenoxy) is 1. The van der Waals surface area contributed by atoms with Crippen molar-refractivity contribution in [3.8, 4) is 11.6 Å². The quantitative estimate of drug-likeness (QED) is 0.587. The number of aromatic nitrogens is 4. The van der Waals surface area contributed by atoms with Crippen LogP contribution in [0.1, 0.15) is 28.8 Å². The van der Waals surface area contributed by atoms with Crippen LogP contribution in [0.5, 0.6) is 5.88 Å². The fraction of sp³-hybridized carbons (Fsp3) is 0.300. The van der Waals surface area contributed by atoms with E-state index in [0.29, 0.717) is 25.6 Å². The van der Waals surface area contributed by atoms with Crippen molar-refractivity contribution in [1.82, 2.24) is 24.9 Å². The minimum absolute atomic E-state index is 0.0274. The number of pyridine rings is 1. The summed E-state index contributed by atoms with van der Waals surface area (Å²) in [6.07, 6.45) is -0.273. The van der Waals surface area contributed by atoms with Gasteiger partial charge in [0.15, 0.2) is 0 Å². The first-order chi connectivity index (χ1) is 14.8. The summed E-state index contributed by atoms with van der Waals surface area (Å²) in [6.45, 7) is 0.529. The summed E-state index contributed by atoms with van der Waals surface area (Å²) in [5.74, 6) is -1.22. The third kappa shape index (κ3) is 4.49. The van der Waals surface area contributed by atoms with Gasteiger partial charge in [0, 0.05) is 18.8 Å². The van der Waals surface area contributed by atoms with E-state index in [1.54, 1.807) is 6.07 Å². The molecule has 1 unspecified atom stereocenters. The number of carbonyl (C=O) groups excluding carboxylic acids is 1. The van der Waals surface area contributed by atoms with Crippen LogP contribution in [0.2, 0.25) is 0 Å². The summed E-state index contributed by atoms with van der Waals surface area (Å²) >= 11 is 0. The van der Waals surface area contributed by atoms with Crippen LogP contribution in [0.25, 0.3) is 5.69 Å². The van der Waals surface area contributed by atoms with Gasteiger partial charge in [0.1, 0.15) is 23.2 Å². The fourth-order valence-electron chi connectivity index (χ4n) is 3.40. The molecule has 0 N–H and O–H groups in total. The van der Waals surface area contributed by atoms with Crippen molar-refractivity contribution in [3.63, 3.8) is 0 Å². The number of hydrogen-bond acceptors (Lipinski definition) is 5. The first-order valence-corrected chi connectivity index (χ1v) is 9.47. The van der Waals surface area contributed by atoms with Gasteiger partial charge >= 0.3 is 6.18 Å². The Labute approximate surface area is 174 Å². The zero-order chi connectivity index (χ0) is 22.0. The lowest BCUT2D eigenvalue weighted by atomic mass is 10.1. The normalized spacial score (nSPS) is 16.9. The summed E-state index contributed by atoms with van der Waals surface area (Å²) < 4.78 is 58.3. The number of rotatable bonds is 4. The smallest absolute Gasteiger partial charge is 0.417 e. The Morgan fingerprint density at radius 1 is 1.13 bits per heavy atom. The Hall–Kier alpha value is -3.50. The molecule has 1 aliphatic heterocycles. The van der Waals surface area contributed by atoms with E-state index in [4.69, 9.17) is 4.74 Å².